The van der Waals surface area contributed by atoms with Crippen molar-refractivity contribution in [1.82, 2.24) is 4.90 Å². The Hall–Kier alpha value is -1.06. The van der Waals surface area contributed by atoms with E-state index >= 15 is 0 Å². The van der Waals surface area contributed by atoms with Gasteiger partial charge in [0.2, 0.25) is 0 Å². The molecule has 0 spiro atoms. The number of hydrogen-bond donors (Lipinski definition) is 1. The molecule has 1 aromatic rings. The topological polar surface area (TPSA) is 32.5 Å². The van der Waals surface area contributed by atoms with Gasteiger partial charge >= 0.3 is 0 Å². The second-order valence-electron chi connectivity index (χ2n) is 4.96. The number of hydrogen-bond acceptors (Lipinski definition) is 3. The number of benzene rings is 1. The highest BCUT2D eigenvalue weighted by molar-refractivity contribution is 5.46. The molecule has 0 radical (unpaired) electrons. The zero-order valence-corrected chi connectivity index (χ0v) is 10.8. The molecule has 1 aromatic carbocycles. The van der Waals surface area contributed by atoms with Gasteiger partial charge < -0.3 is 10.6 Å². The van der Waals surface area contributed by atoms with Crippen LogP contribution in [0.5, 0.6) is 0 Å². The van der Waals surface area contributed by atoms with Gasteiger partial charge in [0.05, 0.1) is 0 Å². The third-order valence-corrected chi connectivity index (χ3v) is 3.77. The van der Waals surface area contributed by atoms with Crippen molar-refractivity contribution in [2.75, 3.05) is 31.1 Å². The van der Waals surface area contributed by atoms with Crippen LogP contribution in [-0.2, 0) is 0 Å². The molecular formula is C14H23N3. The second-order valence-corrected chi connectivity index (χ2v) is 4.96. The molecule has 0 aliphatic carbocycles. The molecule has 0 bridgehead atoms. The first kappa shape index (κ1) is 12.4. The van der Waals surface area contributed by atoms with Gasteiger partial charge in [-0.1, -0.05) is 18.2 Å². The number of anilines is 1. The molecule has 3 nitrogen and oxygen atoms in total. The average molecular weight is 233 g/mol. The zero-order valence-electron chi connectivity index (χ0n) is 10.8. The number of rotatable bonds is 3. The molecular weight excluding hydrogens is 210 g/mol. The predicted octanol–water partition coefficient (Wildman–Crippen LogP) is 1.54. The van der Waals surface area contributed by atoms with Gasteiger partial charge in [0, 0.05) is 44.0 Å². The van der Waals surface area contributed by atoms with Gasteiger partial charge in [-0.2, -0.15) is 0 Å². The molecule has 1 aliphatic heterocycles. The Morgan fingerprint density at radius 3 is 2.12 bits per heavy atom. The zero-order chi connectivity index (χ0) is 12.3. The van der Waals surface area contributed by atoms with Gasteiger partial charge in [-0.15, -0.1) is 0 Å². The third-order valence-electron chi connectivity index (χ3n) is 3.77. The molecule has 0 unspecified atom stereocenters. The minimum Gasteiger partial charge on any atom is -0.369 e. The van der Waals surface area contributed by atoms with Crippen LogP contribution in [0.2, 0.25) is 0 Å². The molecule has 17 heavy (non-hydrogen) atoms. The predicted molar refractivity (Wildman–Crippen MR) is 73.3 cm³/mol. The van der Waals surface area contributed by atoms with Gasteiger partial charge in [0.25, 0.3) is 0 Å². The summed E-state index contributed by atoms with van der Waals surface area (Å²) in [7, 11) is 0. The summed E-state index contributed by atoms with van der Waals surface area (Å²) >= 11 is 0. The van der Waals surface area contributed by atoms with E-state index in [1.165, 1.54) is 5.69 Å². The lowest BCUT2D eigenvalue weighted by atomic mass is 10.1. The Morgan fingerprint density at radius 1 is 1.00 bits per heavy atom. The summed E-state index contributed by atoms with van der Waals surface area (Å²) in [5.74, 6) is 0. The summed E-state index contributed by atoms with van der Waals surface area (Å²) < 4.78 is 0. The van der Waals surface area contributed by atoms with E-state index in [4.69, 9.17) is 5.73 Å². The molecule has 1 fully saturated rings. The van der Waals surface area contributed by atoms with Crippen LogP contribution >= 0.6 is 0 Å². The maximum Gasteiger partial charge on any atom is 0.0367 e. The van der Waals surface area contributed by atoms with E-state index in [9.17, 15) is 0 Å². The fraction of sp³-hybridized carbons (Fsp3) is 0.571. The van der Waals surface area contributed by atoms with Crippen molar-refractivity contribution in [3.05, 3.63) is 30.3 Å². The first-order valence-electron chi connectivity index (χ1n) is 6.48. The maximum absolute atomic E-state index is 5.96. The van der Waals surface area contributed by atoms with E-state index in [2.05, 4.69) is 54.0 Å². The molecule has 1 saturated heterocycles. The Morgan fingerprint density at radius 2 is 1.59 bits per heavy atom. The molecule has 0 aromatic heterocycles. The largest absolute Gasteiger partial charge is 0.369 e. The molecule has 0 amide bonds. The number of para-hydroxylation sites is 1. The maximum atomic E-state index is 5.96. The molecule has 0 saturated carbocycles. The molecule has 2 atom stereocenters. The SMILES string of the molecule is C[C@H](N)[C@@H](C)N1CCN(c2ccccc2)CC1. The number of nitrogens with two attached hydrogens (primary N) is 1. The average Bonchev–Trinajstić information content (AvgIpc) is 2.39. The normalized spacial score (nSPS) is 21.2. The van der Waals surface area contributed by atoms with Crippen LogP contribution in [0.4, 0.5) is 5.69 Å². The monoisotopic (exact) mass is 233 g/mol. The van der Waals surface area contributed by atoms with E-state index in [1.54, 1.807) is 0 Å². The standard InChI is InChI=1S/C14H23N3/c1-12(15)13(2)16-8-10-17(11-9-16)14-6-4-3-5-7-14/h3-7,12-13H,8-11,15H2,1-2H3/t12-,13+/m0/s1. The molecule has 3 heteroatoms. The van der Waals surface area contributed by atoms with Crippen molar-refractivity contribution in [3.63, 3.8) is 0 Å². The van der Waals surface area contributed by atoms with Crippen LogP contribution in [0.15, 0.2) is 30.3 Å². The van der Waals surface area contributed by atoms with Crippen molar-refractivity contribution in [3.8, 4) is 0 Å². The summed E-state index contributed by atoms with van der Waals surface area (Å²) in [5.41, 5.74) is 7.29. The molecule has 1 aliphatic rings. The first-order chi connectivity index (χ1) is 8.18. The Labute approximate surface area is 104 Å². The minimum absolute atomic E-state index is 0.248. The van der Waals surface area contributed by atoms with Crippen LogP contribution in [0.1, 0.15) is 13.8 Å². The van der Waals surface area contributed by atoms with Crippen molar-refractivity contribution < 1.29 is 0 Å². The van der Waals surface area contributed by atoms with Gasteiger partial charge in [-0.05, 0) is 26.0 Å². The Bertz CT molecular complexity index is 329. The third kappa shape index (κ3) is 2.99. The van der Waals surface area contributed by atoms with Crippen molar-refractivity contribution >= 4 is 5.69 Å². The highest BCUT2D eigenvalue weighted by Gasteiger charge is 2.22. The van der Waals surface area contributed by atoms with Crippen LogP contribution in [0.3, 0.4) is 0 Å². The van der Waals surface area contributed by atoms with Crippen molar-refractivity contribution in [1.29, 1.82) is 0 Å². The van der Waals surface area contributed by atoms with Gasteiger partial charge in [0.15, 0.2) is 0 Å². The number of nitrogens with zero attached hydrogens (tertiary/aromatic N) is 2. The smallest absolute Gasteiger partial charge is 0.0367 e. The Kier molecular flexibility index (Phi) is 4.02. The molecule has 2 rings (SSSR count). The quantitative estimate of drug-likeness (QED) is 0.859. The Balaban J connectivity index is 1.90. The van der Waals surface area contributed by atoms with E-state index in [-0.39, 0.29) is 6.04 Å². The fourth-order valence-electron chi connectivity index (χ4n) is 2.36. The number of piperazine rings is 1. The lowest BCUT2D eigenvalue weighted by Gasteiger charge is -2.40. The highest BCUT2D eigenvalue weighted by Crippen LogP contribution is 2.16. The van der Waals surface area contributed by atoms with Gasteiger partial charge in [-0.3, -0.25) is 4.90 Å². The van der Waals surface area contributed by atoms with Crippen LogP contribution in [0, 0.1) is 0 Å². The van der Waals surface area contributed by atoms with Crippen molar-refractivity contribution in [2.45, 2.75) is 25.9 Å². The second kappa shape index (κ2) is 5.52. The fourth-order valence-corrected chi connectivity index (χ4v) is 2.36. The molecule has 2 N–H and O–H groups in total. The van der Waals surface area contributed by atoms with E-state index in [0.29, 0.717) is 6.04 Å². The molecule has 94 valence electrons. The van der Waals surface area contributed by atoms with Crippen LogP contribution in [0.25, 0.3) is 0 Å². The summed E-state index contributed by atoms with van der Waals surface area (Å²) in [6, 6.07) is 11.4. The van der Waals surface area contributed by atoms with E-state index in [0.717, 1.165) is 26.2 Å². The van der Waals surface area contributed by atoms with Crippen LogP contribution < -0.4 is 10.6 Å². The molecule has 1 heterocycles. The van der Waals surface area contributed by atoms with E-state index < -0.39 is 0 Å². The highest BCUT2D eigenvalue weighted by atomic mass is 15.3. The summed E-state index contributed by atoms with van der Waals surface area (Å²) in [6.07, 6.45) is 0. The lowest BCUT2D eigenvalue weighted by Crippen LogP contribution is -2.53. The first-order valence-corrected chi connectivity index (χ1v) is 6.48. The van der Waals surface area contributed by atoms with E-state index in [1.807, 2.05) is 0 Å². The van der Waals surface area contributed by atoms with Gasteiger partial charge in [0.1, 0.15) is 0 Å². The van der Waals surface area contributed by atoms with Gasteiger partial charge in [-0.25, -0.2) is 0 Å². The summed E-state index contributed by atoms with van der Waals surface area (Å²) in [5, 5.41) is 0. The lowest BCUT2D eigenvalue weighted by molar-refractivity contribution is 0.178. The summed E-state index contributed by atoms with van der Waals surface area (Å²) in [6.45, 7) is 8.73. The minimum atomic E-state index is 0.248. The van der Waals surface area contributed by atoms with Crippen LogP contribution in [-0.4, -0.2) is 43.2 Å². The summed E-state index contributed by atoms with van der Waals surface area (Å²) in [4.78, 5) is 4.94. The van der Waals surface area contributed by atoms with Crippen molar-refractivity contribution in [2.24, 2.45) is 5.73 Å².